The van der Waals surface area contributed by atoms with Gasteiger partial charge in [-0.25, -0.2) is 0 Å². The van der Waals surface area contributed by atoms with Crippen molar-refractivity contribution in [2.45, 2.75) is 26.9 Å². The van der Waals surface area contributed by atoms with Crippen LogP contribution in [0, 0.1) is 5.92 Å². The summed E-state index contributed by atoms with van der Waals surface area (Å²) in [5.41, 5.74) is 0. The predicted molar refractivity (Wildman–Crippen MR) is 88.4 cm³/mol. The minimum absolute atomic E-state index is 0.0977. The van der Waals surface area contributed by atoms with Crippen LogP contribution < -0.4 is 14.8 Å². The van der Waals surface area contributed by atoms with Crippen molar-refractivity contribution in [1.82, 2.24) is 5.32 Å². The van der Waals surface area contributed by atoms with Crippen LogP contribution in [0.4, 0.5) is 0 Å². The van der Waals surface area contributed by atoms with Crippen molar-refractivity contribution < 1.29 is 14.3 Å². The van der Waals surface area contributed by atoms with Crippen LogP contribution >= 0.6 is 0 Å². The van der Waals surface area contributed by atoms with Crippen LogP contribution in [-0.2, 0) is 4.79 Å². The summed E-state index contributed by atoms with van der Waals surface area (Å²) in [5.74, 6) is 1.80. The van der Waals surface area contributed by atoms with Gasteiger partial charge in [0.05, 0.1) is 7.11 Å². The van der Waals surface area contributed by atoms with Crippen LogP contribution in [0.2, 0.25) is 0 Å². The number of fused-ring (bicyclic) bond motifs is 1. The van der Waals surface area contributed by atoms with E-state index in [0.29, 0.717) is 18.2 Å². The smallest absolute Gasteiger partial charge is 0.260 e. The molecule has 0 aromatic heterocycles. The lowest BCUT2D eigenvalue weighted by Crippen LogP contribution is -2.38. The van der Waals surface area contributed by atoms with Crippen LogP contribution in [0.5, 0.6) is 11.5 Å². The van der Waals surface area contributed by atoms with Crippen molar-refractivity contribution >= 4 is 16.7 Å². The van der Waals surface area contributed by atoms with Crippen LogP contribution in [0.3, 0.4) is 0 Å². The Kier molecular flexibility index (Phi) is 5.26. The summed E-state index contributed by atoms with van der Waals surface area (Å²) in [4.78, 5) is 12.0. The average molecular weight is 301 g/mol. The Labute approximate surface area is 131 Å². The molecule has 0 unspecified atom stereocenters. The molecule has 118 valence electrons. The highest BCUT2D eigenvalue weighted by Gasteiger charge is 2.14. The summed E-state index contributed by atoms with van der Waals surface area (Å²) < 4.78 is 11.0. The Balaban J connectivity index is 2.08. The number of hydrogen-bond donors (Lipinski definition) is 1. The molecule has 2 aromatic carbocycles. The molecule has 1 atom stereocenters. The molecule has 0 aliphatic carbocycles. The first kappa shape index (κ1) is 16.1. The van der Waals surface area contributed by atoms with Crippen LogP contribution in [0.15, 0.2) is 36.4 Å². The fraction of sp³-hybridized carbons (Fsp3) is 0.389. The maximum atomic E-state index is 12.0. The SMILES string of the molecule is COc1ccc2ccc(O[C@@H](C)C(=O)NCC(C)C)cc2c1. The zero-order valence-corrected chi connectivity index (χ0v) is 13.6. The number of carbonyl (C=O) groups is 1. The van der Waals surface area contributed by atoms with E-state index in [0.717, 1.165) is 16.5 Å². The summed E-state index contributed by atoms with van der Waals surface area (Å²) in [6.07, 6.45) is -0.526. The molecule has 0 saturated heterocycles. The second-order valence-electron chi connectivity index (χ2n) is 5.77. The van der Waals surface area contributed by atoms with Gasteiger partial charge in [0.2, 0.25) is 0 Å². The van der Waals surface area contributed by atoms with Gasteiger partial charge in [-0.2, -0.15) is 0 Å². The first-order valence-electron chi connectivity index (χ1n) is 7.51. The molecular formula is C18H23NO3. The summed E-state index contributed by atoms with van der Waals surface area (Å²) in [6.45, 7) is 6.53. The molecule has 0 spiro atoms. The normalized spacial score (nSPS) is 12.2. The molecule has 1 amide bonds. The Morgan fingerprint density at radius 1 is 1.05 bits per heavy atom. The molecule has 2 aromatic rings. The van der Waals surface area contributed by atoms with E-state index in [4.69, 9.17) is 9.47 Å². The van der Waals surface area contributed by atoms with E-state index in [-0.39, 0.29) is 5.91 Å². The number of hydrogen-bond acceptors (Lipinski definition) is 3. The maximum Gasteiger partial charge on any atom is 0.260 e. The number of benzene rings is 2. The molecule has 4 nitrogen and oxygen atoms in total. The molecular weight excluding hydrogens is 278 g/mol. The lowest BCUT2D eigenvalue weighted by Gasteiger charge is -2.16. The van der Waals surface area contributed by atoms with Gasteiger partial charge >= 0.3 is 0 Å². The van der Waals surface area contributed by atoms with Gasteiger partial charge in [0.15, 0.2) is 6.10 Å². The Bertz CT molecular complexity index is 652. The third-order valence-electron chi connectivity index (χ3n) is 3.39. The van der Waals surface area contributed by atoms with E-state index in [2.05, 4.69) is 19.2 Å². The molecule has 0 heterocycles. The van der Waals surface area contributed by atoms with Crippen molar-refractivity contribution in [2.75, 3.05) is 13.7 Å². The Morgan fingerprint density at radius 3 is 2.32 bits per heavy atom. The van der Waals surface area contributed by atoms with Crippen LogP contribution in [-0.4, -0.2) is 25.7 Å². The lowest BCUT2D eigenvalue weighted by molar-refractivity contribution is -0.127. The van der Waals surface area contributed by atoms with Crippen molar-refractivity contribution in [3.63, 3.8) is 0 Å². The van der Waals surface area contributed by atoms with Gasteiger partial charge in [-0.1, -0.05) is 26.0 Å². The number of amides is 1. The zero-order valence-electron chi connectivity index (χ0n) is 13.6. The fourth-order valence-electron chi connectivity index (χ4n) is 2.11. The second-order valence-corrected chi connectivity index (χ2v) is 5.77. The second kappa shape index (κ2) is 7.16. The van der Waals surface area contributed by atoms with E-state index in [1.165, 1.54) is 0 Å². The van der Waals surface area contributed by atoms with Crippen LogP contribution in [0.1, 0.15) is 20.8 Å². The van der Waals surface area contributed by atoms with Gasteiger partial charge in [-0.05, 0) is 47.9 Å². The van der Waals surface area contributed by atoms with Gasteiger partial charge < -0.3 is 14.8 Å². The minimum Gasteiger partial charge on any atom is -0.497 e. The third kappa shape index (κ3) is 4.13. The van der Waals surface area contributed by atoms with Crippen molar-refractivity contribution in [3.8, 4) is 11.5 Å². The van der Waals surface area contributed by atoms with Gasteiger partial charge in [0.1, 0.15) is 11.5 Å². The number of nitrogens with one attached hydrogen (secondary N) is 1. The number of ether oxygens (including phenoxy) is 2. The molecule has 2 rings (SSSR count). The van der Waals surface area contributed by atoms with E-state index >= 15 is 0 Å². The minimum atomic E-state index is -0.526. The number of methoxy groups -OCH3 is 1. The number of rotatable bonds is 6. The molecule has 0 saturated carbocycles. The quantitative estimate of drug-likeness (QED) is 0.889. The molecule has 22 heavy (non-hydrogen) atoms. The summed E-state index contributed by atoms with van der Waals surface area (Å²) in [5, 5.41) is 5.00. The summed E-state index contributed by atoms with van der Waals surface area (Å²) in [6, 6.07) is 11.6. The van der Waals surface area contributed by atoms with E-state index in [9.17, 15) is 4.79 Å². The van der Waals surface area contributed by atoms with Crippen LogP contribution in [0.25, 0.3) is 10.8 Å². The fourth-order valence-corrected chi connectivity index (χ4v) is 2.11. The van der Waals surface area contributed by atoms with Gasteiger partial charge in [-0.3, -0.25) is 4.79 Å². The first-order valence-corrected chi connectivity index (χ1v) is 7.51. The summed E-state index contributed by atoms with van der Waals surface area (Å²) in [7, 11) is 1.64. The van der Waals surface area contributed by atoms with Gasteiger partial charge in [0.25, 0.3) is 5.91 Å². The van der Waals surface area contributed by atoms with E-state index in [1.807, 2.05) is 36.4 Å². The molecule has 0 bridgehead atoms. The summed E-state index contributed by atoms with van der Waals surface area (Å²) >= 11 is 0. The molecule has 0 fully saturated rings. The molecule has 4 heteroatoms. The highest BCUT2D eigenvalue weighted by atomic mass is 16.5. The Hall–Kier alpha value is -2.23. The van der Waals surface area contributed by atoms with Gasteiger partial charge in [0, 0.05) is 6.54 Å². The third-order valence-corrected chi connectivity index (χ3v) is 3.39. The average Bonchev–Trinajstić information content (AvgIpc) is 2.51. The largest absolute Gasteiger partial charge is 0.497 e. The highest BCUT2D eigenvalue weighted by Crippen LogP contribution is 2.25. The Morgan fingerprint density at radius 2 is 1.68 bits per heavy atom. The maximum absolute atomic E-state index is 12.0. The van der Waals surface area contributed by atoms with Crippen molar-refractivity contribution in [1.29, 1.82) is 0 Å². The monoisotopic (exact) mass is 301 g/mol. The predicted octanol–water partition coefficient (Wildman–Crippen LogP) is 3.39. The number of carbonyl (C=O) groups excluding carboxylic acids is 1. The molecule has 0 aliphatic heterocycles. The van der Waals surface area contributed by atoms with Gasteiger partial charge in [-0.15, -0.1) is 0 Å². The highest BCUT2D eigenvalue weighted by molar-refractivity contribution is 5.85. The van der Waals surface area contributed by atoms with Crippen molar-refractivity contribution in [2.24, 2.45) is 5.92 Å². The van der Waals surface area contributed by atoms with E-state index < -0.39 is 6.10 Å². The zero-order chi connectivity index (χ0) is 16.1. The standard InChI is InChI=1S/C18H23NO3/c1-12(2)11-19-18(20)13(3)22-17-8-6-14-5-7-16(21-4)9-15(14)10-17/h5-10,12-13H,11H2,1-4H3,(H,19,20)/t13-/m0/s1. The topological polar surface area (TPSA) is 47.6 Å². The molecule has 0 aliphatic rings. The molecule has 0 radical (unpaired) electrons. The lowest BCUT2D eigenvalue weighted by atomic mass is 10.1. The molecule has 1 N–H and O–H groups in total. The first-order chi connectivity index (χ1) is 10.5. The van der Waals surface area contributed by atoms with Crippen molar-refractivity contribution in [3.05, 3.63) is 36.4 Å². The van der Waals surface area contributed by atoms with E-state index in [1.54, 1.807) is 14.0 Å².